The smallest absolute Gasteiger partial charge is 0.00784 e. The molecule has 1 N–H and O–H groups in total. The van der Waals surface area contributed by atoms with Crippen LogP contribution in [0.15, 0.2) is 24.3 Å². The third kappa shape index (κ3) is 3.60. The topological polar surface area (TPSA) is 12.0 Å². The van der Waals surface area contributed by atoms with Crippen molar-refractivity contribution in [1.82, 2.24) is 5.32 Å². The summed E-state index contributed by atoms with van der Waals surface area (Å²) in [5.74, 6) is 0.735. The second-order valence-electron chi connectivity index (χ2n) is 7.63. The third-order valence-corrected chi connectivity index (χ3v) is 4.23. The van der Waals surface area contributed by atoms with Gasteiger partial charge in [0, 0.05) is 12.0 Å². The second kappa shape index (κ2) is 5.28. The lowest BCUT2D eigenvalue weighted by molar-refractivity contribution is 0.508. The van der Waals surface area contributed by atoms with E-state index in [-0.39, 0.29) is 5.41 Å². The van der Waals surface area contributed by atoms with Gasteiger partial charge in [-0.05, 0) is 41.8 Å². The Balaban J connectivity index is 2.01. The van der Waals surface area contributed by atoms with Crippen molar-refractivity contribution >= 4 is 0 Å². The molecule has 19 heavy (non-hydrogen) atoms. The van der Waals surface area contributed by atoms with Gasteiger partial charge in [0.25, 0.3) is 0 Å². The predicted octanol–water partition coefficient (Wildman–Crippen LogP) is 4.26. The first kappa shape index (κ1) is 14.6. The standard InChI is InChI=1S/C18H29N/c1-14(2)12-19-13-18(10-11-18)16-8-6-15(7-9-16)17(3,4)5/h6-9,14,19H,10-13H2,1-5H3. The normalized spacial score (nSPS) is 17.8. The molecule has 1 aliphatic carbocycles. The Hall–Kier alpha value is -0.820. The van der Waals surface area contributed by atoms with Crippen molar-refractivity contribution in [2.24, 2.45) is 5.92 Å². The quantitative estimate of drug-likeness (QED) is 0.833. The van der Waals surface area contributed by atoms with E-state index >= 15 is 0 Å². The summed E-state index contributed by atoms with van der Waals surface area (Å²) in [5, 5.41) is 3.63. The first-order valence-corrected chi connectivity index (χ1v) is 7.65. The van der Waals surface area contributed by atoms with Crippen molar-refractivity contribution in [2.45, 2.75) is 58.3 Å². The molecule has 1 aliphatic rings. The Morgan fingerprint density at radius 3 is 2.11 bits per heavy atom. The van der Waals surface area contributed by atoms with E-state index in [1.54, 1.807) is 0 Å². The maximum Gasteiger partial charge on any atom is 0.00784 e. The van der Waals surface area contributed by atoms with Gasteiger partial charge >= 0.3 is 0 Å². The fourth-order valence-corrected chi connectivity index (χ4v) is 2.64. The largest absolute Gasteiger partial charge is 0.316 e. The van der Waals surface area contributed by atoms with Crippen LogP contribution in [0.4, 0.5) is 0 Å². The molecule has 106 valence electrons. The summed E-state index contributed by atoms with van der Waals surface area (Å²) in [7, 11) is 0. The van der Waals surface area contributed by atoms with Crippen molar-refractivity contribution in [3.63, 3.8) is 0 Å². The molecule has 0 saturated heterocycles. The molecule has 0 aliphatic heterocycles. The molecule has 0 bridgehead atoms. The molecule has 0 atom stereocenters. The molecule has 0 spiro atoms. The molecule has 0 radical (unpaired) electrons. The van der Waals surface area contributed by atoms with Gasteiger partial charge in [-0.15, -0.1) is 0 Å². The van der Waals surface area contributed by atoms with Gasteiger partial charge in [-0.3, -0.25) is 0 Å². The fourth-order valence-electron chi connectivity index (χ4n) is 2.64. The van der Waals surface area contributed by atoms with Crippen molar-refractivity contribution in [3.8, 4) is 0 Å². The summed E-state index contributed by atoms with van der Waals surface area (Å²) in [4.78, 5) is 0. The van der Waals surface area contributed by atoms with Crippen molar-refractivity contribution in [1.29, 1.82) is 0 Å². The molecule has 0 aromatic heterocycles. The molecule has 1 fully saturated rings. The van der Waals surface area contributed by atoms with E-state index in [1.807, 2.05) is 0 Å². The minimum absolute atomic E-state index is 0.255. The first-order valence-electron chi connectivity index (χ1n) is 7.65. The van der Waals surface area contributed by atoms with E-state index in [0.717, 1.165) is 19.0 Å². The van der Waals surface area contributed by atoms with E-state index in [9.17, 15) is 0 Å². The van der Waals surface area contributed by atoms with E-state index in [4.69, 9.17) is 0 Å². The van der Waals surface area contributed by atoms with Crippen molar-refractivity contribution < 1.29 is 0 Å². The molecular weight excluding hydrogens is 230 g/mol. The number of benzene rings is 1. The highest BCUT2D eigenvalue weighted by molar-refractivity contribution is 5.36. The molecule has 0 unspecified atom stereocenters. The summed E-state index contributed by atoms with van der Waals surface area (Å²) >= 11 is 0. The number of rotatable bonds is 5. The lowest BCUT2D eigenvalue weighted by Gasteiger charge is -2.22. The first-order chi connectivity index (χ1) is 8.83. The third-order valence-electron chi connectivity index (χ3n) is 4.23. The highest BCUT2D eigenvalue weighted by Crippen LogP contribution is 2.47. The molecule has 2 rings (SSSR count). The van der Waals surface area contributed by atoms with Crippen LogP contribution in [0.5, 0.6) is 0 Å². The predicted molar refractivity (Wildman–Crippen MR) is 83.8 cm³/mol. The van der Waals surface area contributed by atoms with Gasteiger partial charge in [-0.1, -0.05) is 58.9 Å². The second-order valence-corrected chi connectivity index (χ2v) is 7.63. The summed E-state index contributed by atoms with van der Waals surface area (Å²) in [6.07, 6.45) is 2.68. The average molecular weight is 259 g/mol. The van der Waals surface area contributed by atoms with Gasteiger partial charge in [-0.25, -0.2) is 0 Å². The van der Waals surface area contributed by atoms with Gasteiger partial charge in [0.1, 0.15) is 0 Å². The summed E-state index contributed by atoms with van der Waals surface area (Å²) in [5.41, 5.74) is 3.65. The Labute approximate surface area is 118 Å². The fraction of sp³-hybridized carbons (Fsp3) is 0.667. The summed E-state index contributed by atoms with van der Waals surface area (Å²) in [6.45, 7) is 13.6. The van der Waals surface area contributed by atoms with Crippen LogP contribution in [0.3, 0.4) is 0 Å². The zero-order valence-corrected chi connectivity index (χ0v) is 13.2. The Morgan fingerprint density at radius 1 is 1.11 bits per heavy atom. The van der Waals surface area contributed by atoms with Gasteiger partial charge in [0.15, 0.2) is 0 Å². The van der Waals surface area contributed by atoms with Gasteiger partial charge in [0.2, 0.25) is 0 Å². The number of hydrogen-bond acceptors (Lipinski definition) is 1. The number of nitrogens with one attached hydrogen (secondary N) is 1. The zero-order chi connectivity index (χ0) is 14.1. The zero-order valence-electron chi connectivity index (χ0n) is 13.2. The summed E-state index contributed by atoms with van der Waals surface area (Å²) < 4.78 is 0. The lowest BCUT2D eigenvalue weighted by Crippen LogP contribution is -2.29. The Kier molecular flexibility index (Phi) is 4.06. The van der Waals surface area contributed by atoms with Crippen LogP contribution >= 0.6 is 0 Å². The minimum atomic E-state index is 0.255. The maximum atomic E-state index is 3.63. The summed E-state index contributed by atoms with van der Waals surface area (Å²) in [6, 6.07) is 9.34. The van der Waals surface area contributed by atoms with Crippen LogP contribution in [0.25, 0.3) is 0 Å². The molecular formula is C18H29N. The van der Waals surface area contributed by atoms with Crippen LogP contribution in [-0.4, -0.2) is 13.1 Å². The van der Waals surface area contributed by atoms with E-state index in [2.05, 4.69) is 64.2 Å². The Bertz CT molecular complexity index is 404. The van der Waals surface area contributed by atoms with Crippen LogP contribution in [0, 0.1) is 5.92 Å². The molecule has 0 amide bonds. The molecule has 1 saturated carbocycles. The van der Waals surface area contributed by atoms with Crippen molar-refractivity contribution in [3.05, 3.63) is 35.4 Å². The highest BCUT2D eigenvalue weighted by Gasteiger charge is 2.43. The number of hydrogen-bond donors (Lipinski definition) is 1. The van der Waals surface area contributed by atoms with Gasteiger partial charge in [0.05, 0.1) is 0 Å². The minimum Gasteiger partial charge on any atom is -0.316 e. The average Bonchev–Trinajstić information content (AvgIpc) is 3.09. The van der Waals surface area contributed by atoms with E-state index in [1.165, 1.54) is 24.0 Å². The molecule has 1 aromatic rings. The van der Waals surface area contributed by atoms with Crippen LogP contribution < -0.4 is 5.32 Å². The van der Waals surface area contributed by atoms with Crippen LogP contribution in [0.2, 0.25) is 0 Å². The van der Waals surface area contributed by atoms with Crippen LogP contribution in [0.1, 0.15) is 58.6 Å². The molecule has 1 aromatic carbocycles. The highest BCUT2D eigenvalue weighted by atomic mass is 14.9. The van der Waals surface area contributed by atoms with E-state index in [0.29, 0.717) is 5.41 Å². The lowest BCUT2D eigenvalue weighted by atomic mass is 9.85. The monoisotopic (exact) mass is 259 g/mol. The SMILES string of the molecule is CC(C)CNCC1(c2ccc(C(C)(C)C)cc2)CC1. The Morgan fingerprint density at radius 2 is 1.68 bits per heavy atom. The van der Waals surface area contributed by atoms with Crippen LogP contribution in [-0.2, 0) is 10.8 Å². The van der Waals surface area contributed by atoms with Crippen molar-refractivity contribution in [2.75, 3.05) is 13.1 Å². The molecule has 1 nitrogen and oxygen atoms in total. The van der Waals surface area contributed by atoms with E-state index < -0.39 is 0 Å². The van der Waals surface area contributed by atoms with Gasteiger partial charge in [-0.2, -0.15) is 0 Å². The molecule has 0 heterocycles. The van der Waals surface area contributed by atoms with Gasteiger partial charge < -0.3 is 5.32 Å². The molecule has 1 heteroatoms. The maximum absolute atomic E-state index is 3.63.